The summed E-state index contributed by atoms with van der Waals surface area (Å²) in [6, 6.07) is 11.7. The molecule has 1 N–H and O–H groups in total. The van der Waals surface area contributed by atoms with Crippen molar-refractivity contribution in [3.8, 4) is 5.75 Å². The summed E-state index contributed by atoms with van der Waals surface area (Å²) in [7, 11) is 0. The predicted octanol–water partition coefficient (Wildman–Crippen LogP) is 5.58. The Morgan fingerprint density at radius 2 is 1.83 bits per heavy atom. The summed E-state index contributed by atoms with van der Waals surface area (Å²) in [5, 5.41) is 3.32. The van der Waals surface area contributed by atoms with Gasteiger partial charge in [0.05, 0.1) is 18.2 Å². The van der Waals surface area contributed by atoms with Crippen LogP contribution in [0.15, 0.2) is 40.8 Å². The molecule has 7 heteroatoms. The number of aryl methyl sites for hydroxylation is 1. The smallest absolute Gasteiger partial charge is 0.271 e. The molecule has 7 nitrogen and oxygen atoms in total. The minimum absolute atomic E-state index is 0.0878. The number of amides is 2. The number of carbonyl (C=O) groups excluding carboxylic acids is 2. The first-order valence-electron chi connectivity index (χ1n) is 13.2. The Hall–Kier alpha value is -3.22. The highest BCUT2D eigenvalue weighted by Crippen LogP contribution is 2.35. The van der Waals surface area contributed by atoms with E-state index in [1.165, 1.54) is 12.8 Å². The van der Waals surface area contributed by atoms with Gasteiger partial charge in [0.15, 0.2) is 5.58 Å². The van der Waals surface area contributed by atoms with Gasteiger partial charge in [-0.25, -0.2) is 0 Å². The third-order valence-electron chi connectivity index (χ3n) is 7.55. The molecule has 5 rings (SSSR count). The van der Waals surface area contributed by atoms with Gasteiger partial charge in [-0.3, -0.25) is 9.59 Å². The highest BCUT2D eigenvalue weighted by atomic mass is 16.5. The summed E-state index contributed by atoms with van der Waals surface area (Å²) < 4.78 is 13.6. The van der Waals surface area contributed by atoms with Crippen molar-refractivity contribution in [2.45, 2.75) is 97.0 Å². The van der Waals surface area contributed by atoms with Crippen molar-refractivity contribution in [2.75, 3.05) is 0 Å². The Kier molecular flexibility index (Phi) is 6.58. The van der Waals surface area contributed by atoms with E-state index in [4.69, 9.17) is 9.15 Å². The highest BCUT2D eigenvalue weighted by Gasteiger charge is 2.48. The molecule has 1 aromatic carbocycles. The van der Waals surface area contributed by atoms with E-state index in [0.29, 0.717) is 24.4 Å². The van der Waals surface area contributed by atoms with Crippen molar-refractivity contribution in [3.63, 3.8) is 0 Å². The number of aromatic nitrogens is 1. The van der Waals surface area contributed by atoms with Gasteiger partial charge in [-0.2, -0.15) is 0 Å². The molecule has 3 heterocycles. The first kappa shape index (κ1) is 24.5. The number of nitrogens with one attached hydrogen (secondary N) is 1. The van der Waals surface area contributed by atoms with Gasteiger partial charge in [0.25, 0.3) is 5.91 Å². The van der Waals surface area contributed by atoms with Gasteiger partial charge in [0.2, 0.25) is 5.91 Å². The Balaban J connectivity index is 1.48. The molecule has 1 aliphatic carbocycles. The van der Waals surface area contributed by atoms with Crippen LogP contribution in [0.3, 0.4) is 0 Å². The standard InChI is InChI=1S/C29H37N3O4/c1-19(2)35-23-13-11-21(12-14-23)17-32-27(33)25-16-26-24(15-20(3)36-26)31(25)18-29(32,4)28(34)30-22-9-7-5-6-8-10-22/h11-16,19,22H,5-10,17-18H2,1-4H3,(H,30,34). The molecule has 0 radical (unpaired) electrons. The molecule has 1 fully saturated rings. The van der Waals surface area contributed by atoms with Gasteiger partial charge < -0.3 is 23.9 Å². The van der Waals surface area contributed by atoms with E-state index in [9.17, 15) is 9.59 Å². The topological polar surface area (TPSA) is 76.7 Å². The molecule has 0 bridgehead atoms. The fourth-order valence-electron chi connectivity index (χ4n) is 5.60. The fraction of sp³-hybridized carbons (Fsp3) is 0.517. The summed E-state index contributed by atoms with van der Waals surface area (Å²) >= 11 is 0. The Bertz CT molecular complexity index is 1250. The predicted molar refractivity (Wildman–Crippen MR) is 139 cm³/mol. The fourth-order valence-corrected chi connectivity index (χ4v) is 5.60. The van der Waals surface area contributed by atoms with Crippen LogP contribution in [-0.4, -0.2) is 39.0 Å². The normalized spacial score (nSPS) is 21.0. The molecule has 2 aliphatic rings. The molecule has 1 unspecified atom stereocenters. The van der Waals surface area contributed by atoms with E-state index in [2.05, 4.69) is 5.32 Å². The van der Waals surface area contributed by atoms with Crippen LogP contribution >= 0.6 is 0 Å². The lowest BCUT2D eigenvalue weighted by Crippen LogP contribution is -2.64. The molecule has 3 aromatic rings. The van der Waals surface area contributed by atoms with Gasteiger partial charge in [0, 0.05) is 24.7 Å². The third-order valence-corrected chi connectivity index (χ3v) is 7.55. The van der Waals surface area contributed by atoms with Crippen LogP contribution in [0.4, 0.5) is 0 Å². The lowest BCUT2D eigenvalue weighted by molar-refractivity contribution is -0.134. The van der Waals surface area contributed by atoms with Gasteiger partial charge in [-0.1, -0.05) is 37.8 Å². The zero-order chi connectivity index (χ0) is 25.4. The quantitative estimate of drug-likeness (QED) is 0.457. The number of rotatable bonds is 6. The third kappa shape index (κ3) is 4.63. The van der Waals surface area contributed by atoms with Crippen molar-refractivity contribution in [2.24, 2.45) is 0 Å². The molecule has 2 aromatic heterocycles. The van der Waals surface area contributed by atoms with Crippen LogP contribution in [0, 0.1) is 6.92 Å². The number of ether oxygens (including phenoxy) is 1. The molecule has 0 spiro atoms. The van der Waals surface area contributed by atoms with Crippen molar-refractivity contribution < 1.29 is 18.7 Å². The van der Waals surface area contributed by atoms with Crippen molar-refractivity contribution in [1.29, 1.82) is 0 Å². The second-order valence-electron chi connectivity index (χ2n) is 10.9. The van der Waals surface area contributed by atoms with Crippen molar-refractivity contribution in [3.05, 3.63) is 53.4 Å². The van der Waals surface area contributed by atoms with Crippen LogP contribution in [0.25, 0.3) is 11.1 Å². The van der Waals surface area contributed by atoms with E-state index in [1.807, 2.05) is 62.6 Å². The zero-order valence-corrected chi connectivity index (χ0v) is 21.8. The number of benzene rings is 1. The number of carbonyl (C=O) groups is 2. The maximum absolute atomic E-state index is 13.9. The number of hydrogen-bond donors (Lipinski definition) is 1. The summed E-state index contributed by atoms with van der Waals surface area (Å²) in [6.07, 6.45) is 6.77. The van der Waals surface area contributed by atoms with Crippen LogP contribution in [0.2, 0.25) is 0 Å². The monoisotopic (exact) mass is 491 g/mol. The summed E-state index contributed by atoms with van der Waals surface area (Å²) in [4.78, 5) is 29.6. The second-order valence-corrected chi connectivity index (χ2v) is 10.9. The molecular weight excluding hydrogens is 454 g/mol. The maximum atomic E-state index is 13.9. The lowest BCUT2D eigenvalue weighted by Gasteiger charge is -2.44. The molecule has 36 heavy (non-hydrogen) atoms. The number of hydrogen-bond acceptors (Lipinski definition) is 4. The van der Waals surface area contributed by atoms with E-state index >= 15 is 0 Å². The van der Waals surface area contributed by atoms with Crippen molar-refractivity contribution in [1.82, 2.24) is 14.8 Å². The van der Waals surface area contributed by atoms with E-state index < -0.39 is 5.54 Å². The average molecular weight is 492 g/mol. The SMILES string of the molecule is Cc1cc2c(cc3n2CC(C)(C(=O)NC2CCCCCC2)N(Cc2ccc(OC(C)C)cc2)C3=O)o1. The maximum Gasteiger partial charge on any atom is 0.271 e. The van der Waals surface area contributed by atoms with Gasteiger partial charge in [0.1, 0.15) is 22.7 Å². The minimum atomic E-state index is -1.04. The number of fused-ring (bicyclic) bond motifs is 3. The van der Waals surface area contributed by atoms with E-state index in [1.54, 1.807) is 11.0 Å². The molecule has 2 amide bonds. The summed E-state index contributed by atoms with van der Waals surface area (Å²) in [5.41, 5.74) is 2.01. The molecule has 1 saturated carbocycles. The van der Waals surface area contributed by atoms with Crippen LogP contribution in [0.5, 0.6) is 5.75 Å². The summed E-state index contributed by atoms with van der Waals surface area (Å²) in [6.45, 7) is 8.49. The minimum Gasteiger partial charge on any atom is -0.491 e. The number of nitrogens with zero attached hydrogens (tertiary/aromatic N) is 2. The summed E-state index contributed by atoms with van der Waals surface area (Å²) in [5.74, 6) is 1.33. The lowest BCUT2D eigenvalue weighted by atomic mass is 9.93. The molecule has 1 aliphatic heterocycles. The molecule has 1 atom stereocenters. The second kappa shape index (κ2) is 9.68. The molecule has 0 saturated heterocycles. The Morgan fingerprint density at radius 1 is 1.14 bits per heavy atom. The Labute approximate surface area is 212 Å². The number of furan rings is 1. The van der Waals surface area contributed by atoms with Gasteiger partial charge >= 0.3 is 0 Å². The molecule has 192 valence electrons. The molecular formula is C29H37N3O4. The van der Waals surface area contributed by atoms with E-state index in [-0.39, 0.29) is 24.0 Å². The van der Waals surface area contributed by atoms with Crippen molar-refractivity contribution >= 4 is 22.9 Å². The van der Waals surface area contributed by atoms with Gasteiger partial charge in [-0.05, 0) is 58.2 Å². The van der Waals surface area contributed by atoms with Gasteiger partial charge in [-0.15, -0.1) is 0 Å². The van der Waals surface area contributed by atoms with Crippen LogP contribution in [0.1, 0.15) is 81.1 Å². The zero-order valence-electron chi connectivity index (χ0n) is 21.8. The van der Waals surface area contributed by atoms with Crippen LogP contribution < -0.4 is 10.1 Å². The highest BCUT2D eigenvalue weighted by molar-refractivity contribution is 6.03. The Morgan fingerprint density at radius 3 is 2.50 bits per heavy atom. The van der Waals surface area contributed by atoms with E-state index in [0.717, 1.165) is 48.3 Å². The first-order chi connectivity index (χ1) is 17.2. The average Bonchev–Trinajstić information content (AvgIpc) is 3.22. The van der Waals surface area contributed by atoms with Crippen LogP contribution in [-0.2, 0) is 17.9 Å². The first-order valence-corrected chi connectivity index (χ1v) is 13.2. The largest absolute Gasteiger partial charge is 0.491 e.